The van der Waals surface area contributed by atoms with Gasteiger partial charge in [0, 0.05) is 37.5 Å². The van der Waals surface area contributed by atoms with E-state index in [0.29, 0.717) is 31.7 Å². The highest BCUT2D eigenvalue weighted by Gasteiger charge is 2.36. The third kappa shape index (κ3) is 4.09. The van der Waals surface area contributed by atoms with Crippen molar-refractivity contribution in [1.29, 1.82) is 0 Å². The summed E-state index contributed by atoms with van der Waals surface area (Å²) in [6.07, 6.45) is -0.544. The number of ether oxygens (including phenoxy) is 2. The van der Waals surface area contributed by atoms with Crippen LogP contribution in [0.3, 0.4) is 0 Å². The lowest BCUT2D eigenvalue weighted by molar-refractivity contribution is -0.142. The van der Waals surface area contributed by atoms with Gasteiger partial charge in [0.2, 0.25) is 0 Å². The molecule has 0 spiro atoms. The SMILES string of the molecule is CC1CC(COc2cccnc2C(F)(F)F)CN(c2ccn(C3COC3)n2)C1. The van der Waals surface area contributed by atoms with Crippen molar-refractivity contribution in [2.24, 2.45) is 11.8 Å². The monoisotopic (exact) mass is 396 g/mol. The zero-order valence-electron chi connectivity index (χ0n) is 15.6. The summed E-state index contributed by atoms with van der Waals surface area (Å²) in [6, 6.07) is 5.05. The van der Waals surface area contributed by atoms with Crippen molar-refractivity contribution < 1.29 is 22.6 Å². The molecule has 4 rings (SSSR count). The minimum absolute atomic E-state index is 0.113. The summed E-state index contributed by atoms with van der Waals surface area (Å²) >= 11 is 0. The molecule has 2 aliphatic rings. The Morgan fingerprint density at radius 2 is 2.07 bits per heavy atom. The molecule has 2 fully saturated rings. The molecule has 28 heavy (non-hydrogen) atoms. The molecule has 0 aromatic carbocycles. The number of anilines is 1. The average Bonchev–Trinajstić information content (AvgIpc) is 3.07. The van der Waals surface area contributed by atoms with Gasteiger partial charge >= 0.3 is 6.18 Å². The quantitative estimate of drug-likeness (QED) is 0.775. The number of aromatic nitrogens is 3. The first kappa shape index (κ1) is 19.0. The fraction of sp³-hybridized carbons (Fsp3) is 0.579. The number of rotatable bonds is 5. The highest BCUT2D eigenvalue weighted by molar-refractivity contribution is 5.38. The molecule has 2 aliphatic heterocycles. The van der Waals surface area contributed by atoms with Crippen LogP contribution >= 0.6 is 0 Å². The zero-order chi connectivity index (χ0) is 19.7. The molecule has 2 atom stereocenters. The number of nitrogens with zero attached hydrogens (tertiary/aromatic N) is 4. The molecule has 0 radical (unpaired) electrons. The molecule has 2 saturated heterocycles. The second-order valence-electron chi connectivity index (χ2n) is 7.62. The number of hydrogen-bond acceptors (Lipinski definition) is 5. The molecule has 2 aromatic heterocycles. The Morgan fingerprint density at radius 1 is 1.25 bits per heavy atom. The van der Waals surface area contributed by atoms with Crippen molar-refractivity contribution >= 4 is 5.82 Å². The van der Waals surface area contributed by atoms with Gasteiger partial charge in [-0.2, -0.15) is 18.3 Å². The molecule has 0 amide bonds. The fourth-order valence-electron chi connectivity index (χ4n) is 3.79. The van der Waals surface area contributed by atoms with Crippen LogP contribution < -0.4 is 9.64 Å². The summed E-state index contributed by atoms with van der Waals surface area (Å²) < 4.78 is 52.0. The predicted octanol–water partition coefficient (Wildman–Crippen LogP) is 3.41. The van der Waals surface area contributed by atoms with Crippen molar-refractivity contribution in [1.82, 2.24) is 14.8 Å². The van der Waals surface area contributed by atoms with E-state index in [0.717, 1.165) is 25.0 Å². The molecule has 0 bridgehead atoms. The van der Waals surface area contributed by atoms with Crippen LogP contribution in [0.1, 0.15) is 25.1 Å². The maximum Gasteiger partial charge on any atom is 0.437 e. The predicted molar refractivity (Wildman–Crippen MR) is 96.3 cm³/mol. The third-order valence-electron chi connectivity index (χ3n) is 5.17. The number of alkyl halides is 3. The van der Waals surface area contributed by atoms with Crippen LogP contribution in [-0.4, -0.2) is 47.7 Å². The van der Waals surface area contributed by atoms with Crippen LogP contribution in [0.2, 0.25) is 0 Å². The molecular formula is C19H23F3N4O2. The van der Waals surface area contributed by atoms with E-state index in [1.54, 1.807) is 0 Å². The Labute approximate surface area is 161 Å². The molecule has 152 valence electrons. The van der Waals surface area contributed by atoms with Crippen molar-refractivity contribution in [2.45, 2.75) is 25.6 Å². The minimum Gasteiger partial charge on any atom is -0.491 e. The number of piperidine rings is 1. The Balaban J connectivity index is 1.41. The summed E-state index contributed by atoms with van der Waals surface area (Å²) in [7, 11) is 0. The topological polar surface area (TPSA) is 52.4 Å². The molecule has 2 aromatic rings. The molecule has 0 saturated carbocycles. The highest BCUT2D eigenvalue weighted by atomic mass is 19.4. The van der Waals surface area contributed by atoms with Crippen LogP contribution in [0.4, 0.5) is 19.0 Å². The number of halogens is 3. The second-order valence-corrected chi connectivity index (χ2v) is 7.62. The summed E-state index contributed by atoms with van der Waals surface area (Å²) in [5.41, 5.74) is -0.975. The lowest BCUT2D eigenvalue weighted by Crippen LogP contribution is -2.42. The maximum absolute atomic E-state index is 13.1. The summed E-state index contributed by atoms with van der Waals surface area (Å²) in [6.45, 7) is 5.29. The van der Waals surface area contributed by atoms with E-state index in [-0.39, 0.29) is 18.3 Å². The van der Waals surface area contributed by atoms with Gasteiger partial charge in [0.05, 0.1) is 25.9 Å². The number of pyridine rings is 1. The van der Waals surface area contributed by atoms with Crippen molar-refractivity contribution in [2.75, 3.05) is 37.8 Å². The van der Waals surface area contributed by atoms with E-state index in [9.17, 15) is 13.2 Å². The summed E-state index contributed by atoms with van der Waals surface area (Å²) in [4.78, 5) is 5.63. The van der Waals surface area contributed by atoms with Gasteiger partial charge in [-0.05, 0) is 24.5 Å². The smallest absolute Gasteiger partial charge is 0.437 e. The largest absolute Gasteiger partial charge is 0.491 e. The van der Waals surface area contributed by atoms with Gasteiger partial charge in [0.15, 0.2) is 11.5 Å². The normalized spacial score (nSPS) is 23.5. The molecule has 0 aliphatic carbocycles. The van der Waals surface area contributed by atoms with Gasteiger partial charge in [-0.1, -0.05) is 6.92 Å². The molecule has 0 N–H and O–H groups in total. The maximum atomic E-state index is 13.1. The molecule has 4 heterocycles. The van der Waals surface area contributed by atoms with Gasteiger partial charge in [0.1, 0.15) is 5.75 Å². The highest BCUT2D eigenvalue weighted by Crippen LogP contribution is 2.35. The Morgan fingerprint density at radius 3 is 2.79 bits per heavy atom. The number of hydrogen-bond donors (Lipinski definition) is 0. The van der Waals surface area contributed by atoms with Gasteiger partial charge < -0.3 is 14.4 Å². The van der Waals surface area contributed by atoms with Crippen molar-refractivity contribution in [3.8, 4) is 5.75 Å². The van der Waals surface area contributed by atoms with E-state index in [4.69, 9.17) is 9.47 Å². The van der Waals surface area contributed by atoms with Crippen LogP contribution in [0, 0.1) is 11.8 Å². The van der Waals surface area contributed by atoms with Crippen LogP contribution in [0.5, 0.6) is 5.75 Å². The van der Waals surface area contributed by atoms with Gasteiger partial charge in [-0.25, -0.2) is 4.98 Å². The molecular weight excluding hydrogens is 373 g/mol. The van der Waals surface area contributed by atoms with Crippen LogP contribution in [0.15, 0.2) is 30.6 Å². The summed E-state index contributed by atoms with van der Waals surface area (Å²) in [5.74, 6) is 1.19. The van der Waals surface area contributed by atoms with Crippen LogP contribution in [0.25, 0.3) is 0 Å². The first-order chi connectivity index (χ1) is 13.4. The van der Waals surface area contributed by atoms with E-state index in [1.807, 2.05) is 16.9 Å². The van der Waals surface area contributed by atoms with Gasteiger partial charge in [-0.3, -0.25) is 4.68 Å². The zero-order valence-corrected chi connectivity index (χ0v) is 15.6. The average molecular weight is 396 g/mol. The second kappa shape index (κ2) is 7.62. The van der Waals surface area contributed by atoms with E-state index < -0.39 is 11.9 Å². The Kier molecular flexibility index (Phi) is 5.18. The van der Waals surface area contributed by atoms with Gasteiger partial charge in [-0.15, -0.1) is 0 Å². The van der Waals surface area contributed by atoms with Crippen molar-refractivity contribution in [3.63, 3.8) is 0 Å². The standard InChI is InChI=1S/C19H23F3N4O2/c1-13-7-14(10-28-16-3-2-5-23-18(16)19(20,21)22)9-25(8-13)17-4-6-26(24-17)15-11-27-12-15/h2-6,13-15H,7-12H2,1H3. The Bertz CT molecular complexity index is 806. The summed E-state index contributed by atoms with van der Waals surface area (Å²) in [5, 5.41) is 4.65. The first-order valence-corrected chi connectivity index (χ1v) is 9.43. The van der Waals surface area contributed by atoms with Crippen molar-refractivity contribution in [3.05, 3.63) is 36.3 Å². The third-order valence-corrected chi connectivity index (χ3v) is 5.17. The molecule has 2 unspecified atom stereocenters. The van der Waals surface area contributed by atoms with E-state index in [2.05, 4.69) is 21.9 Å². The van der Waals surface area contributed by atoms with Crippen LogP contribution in [-0.2, 0) is 10.9 Å². The molecule has 6 nitrogen and oxygen atoms in total. The first-order valence-electron chi connectivity index (χ1n) is 9.43. The van der Waals surface area contributed by atoms with E-state index in [1.165, 1.54) is 12.1 Å². The lowest BCUT2D eigenvalue weighted by Gasteiger charge is -2.36. The van der Waals surface area contributed by atoms with Gasteiger partial charge in [0.25, 0.3) is 0 Å². The minimum atomic E-state index is -4.53. The van der Waals surface area contributed by atoms with E-state index >= 15 is 0 Å². The Hall–Kier alpha value is -2.29. The fourth-order valence-corrected chi connectivity index (χ4v) is 3.79. The lowest BCUT2D eigenvalue weighted by atomic mass is 9.91. The molecule has 9 heteroatoms.